The molecule has 3 amide bonds. The van der Waals surface area contributed by atoms with E-state index in [0.717, 1.165) is 18.4 Å². The first-order valence-electron chi connectivity index (χ1n) is 8.19. The molecule has 130 valence electrons. The first-order valence-corrected chi connectivity index (χ1v) is 9.45. The molecule has 2 heterocycles. The Bertz CT molecular complexity index is 820. The van der Waals surface area contributed by atoms with Crippen molar-refractivity contribution in [1.29, 1.82) is 0 Å². The summed E-state index contributed by atoms with van der Waals surface area (Å²) >= 11 is 7.49. The minimum absolute atomic E-state index is 0.170. The highest BCUT2D eigenvalue weighted by Crippen LogP contribution is 2.41. The second-order valence-corrected chi connectivity index (χ2v) is 7.64. The molecule has 0 bridgehead atoms. The molecule has 1 atom stereocenters. The quantitative estimate of drug-likeness (QED) is 0.830. The number of ether oxygens (including phenoxy) is 1. The lowest BCUT2D eigenvalue weighted by molar-refractivity contribution is -0.132. The van der Waals surface area contributed by atoms with Crippen LogP contribution in [0.1, 0.15) is 23.3 Å². The molecule has 1 saturated heterocycles. The number of carbonyl (C=O) groups excluding carboxylic acids is 2. The van der Waals surface area contributed by atoms with Gasteiger partial charge in [0.2, 0.25) is 0 Å². The van der Waals surface area contributed by atoms with Crippen LogP contribution in [0.4, 0.5) is 4.79 Å². The number of hydrogen-bond acceptors (Lipinski definition) is 4. The fourth-order valence-corrected chi connectivity index (χ4v) is 4.66. The summed E-state index contributed by atoms with van der Waals surface area (Å²) in [4.78, 5) is 27.9. The number of aryl methyl sites for hydroxylation is 1. The summed E-state index contributed by atoms with van der Waals surface area (Å²) in [6.07, 6.45) is 2.52. The van der Waals surface area contributed by atoms with Gasteiger partial charge in [-0.25, -0.2) is 4.79 Å². The summed E-state index contributed by atoms with van der Waals surface area (Å²) in [5.74, 6) is 0.487. The maximum absolute atomic E-state index is 13.0. The van der Waals surface area contributed by atoms with Crippen molar-refractivity contribution in [2.45, 2.75) is 24.8 Å². The zero-order chi connectivity index (χ0) is 17.4. The normalized spacial score (nSPS) is 22.2. The van der Waals surface area contributed by atoms with Crippen molar-refractivity contribution >= 4 is 34.9 Å². The minimum atomic E-state index is -0.884. The number of hydrogen-bond donors (Lipinski definition) is 1. The Balaban J connectivity index is 1.46. The van der Waals surface area contributed by atoms with Gasteiger partial charge in [-0.3, -0.25) is 9.69 Å². The molecule has 2 aromatic rings. The van der Waals surface area contributed by atoms with Crippen LogP contribution < -0.4 is 10.1 Å². The van der Waals surface area contributed by atoms with Crippen LogP contribution in [-0.4, -0.2) is 30.0 Å². The van der Waals surface area contributed by atoms with Gasteiger partial charge < -0.3 is 10.1 Å². The van der Waals surface area contributed by atoms with Gasteiger partial charge in [0.15, 0.2) is 0 Å². The van der Waals surface area contributed by atoms with Crippen LogP contribution in [0.25, 0.3) is 0 Å². The average molecular weight is 377 g/mol. The molecule has 1 aromatic carbocycles. The number of fused-ring (bicyclic) bond motifs is 2. The predicted molar refractivity (Wildman–Crippen MR) is 96.1 cm³/mol. The van der Waals surface area contributed by atoms with E-state index >= 15 is 0 Å². The zero-order valence-corrected chi connectivity index (χ0v) is 15.0. The summed E-state index contributed by atoms with van der Waals surface area (Å²) in [6, 6.07) is 8.61. The van der Waals surface area contributed by atoms with E-state index in [1.807, 2.05) is 11.4 Å². The summed E-state index contributed by atoms with van der Waals surface area (Å²) in [5, 5.41) is 5.56. The maximum atomic E-state index is 13.0. The van der Waals surface area contributed by atoms with E-state index in [2.05, 4.69) is 5.32 Å². The molecule has 0 radical (unpaired) electrons. The van der Waals surface area contributed by atoms with Crippen LogP contribution in [0.5, 0.6) is 5.75 Å². The van der Waals surface area contributed by atoms with Gasteiger partial charge in [-0.1, -0.05) is 11.6 Å². The molecule has 0 saturated carbocycles. The van der Waals surface area contributed by atoms with E-state index < -0.39 is 5.54 Å². The number of nitrogens with one attached hydrogen (secondary N) is 1. The molecule has 1 spiro atoms. The SMILES string of the molecule is O=C1NC2(CCCc3sccc32)C(=O)N1CCOc1ccc(Cl)cc1. The van der Waals surface area contributed by atoms with Gasteiger partial charge in [0.25, 0.3) is 5.91 Å². The van der Waals surface area contributed by atoms with Crippen LogP contribution in [0, 0.1) is 0 Å². The van der Waals surface area contributed by atoms with E-state index in [0.29, 0.717) is 17.2 Å². The van der Waals surface area contributed by atoms with E-state index in [1.165, 1.54) is 9.78 Å². The molecule has 1 aromatic heterocycles. The van der Waals surface area contributed by atoms with Gasteiger partial charge in [0.05, 0.1) is 6.54 Å². The Morgan fingerprint density at radius 1 is 1.24 bits per heavy atom. The minimum Gasteiger partial charge on any atom is -0.492 e. The summed E-state index contributed by atoms with van der Waals surface area (Å²) in [7, 11) is 0. The second-order valence-electron chi connectivity index (χ2n) is 6.21. The van der Waals surface area contributed by atoms with Crippen molar-refractivity contribution in [2.24, 2.45) is 0 Å². The Morgan fingerprint density at radius 2 is 2.04 bits per heavy atom. The molecule has 5 nitrogen and oxygen atoms in total. The van der Waals surface area contributed by atoms with Crippen LogP contribution in [0.15, 0.2) is 35.7 Å². The molecule has 1 aliphatic heterocycles. The van der Waals surface area contributed by atoms with Gasteiger partial charge in [0, 0.05) is 15.5 Å². The summed E-state index contributed by atoms with van der Waals surface area (Å²) < 4.78 is 5.62. The lowest BCUT2D eigenvalue weighted by Crippen LogP contribution is -2.46. The van der Waals surface area contributed by atoms with Crippen molar-refractivity contribution in [1.82, 2.24) is 10.2 Å². The Kier molecular flexibility index (Phi) is 4.17. The third-order valence-corrected chi connectivity index (χ3v) is 5.97. The molecule has 1 aliphatic carbocycles. The van der Waals surface area contributed by atoms with E-state index in [-0.39, 0.29) is 25.1 Å². The third kappa shape index (κ3) is 2.79. The molecule has 2 aliphatic rings. The van der Waals surface area contributed by atoms with Crippen molar-refractivity contribution in [3.05, 3.63) is 51.2 Å². The van der Waals surface area contributed by atoms with Gasteiger partial charge >= 0.3 is 6.03 Å². The Morgan fingerprint density at radius 3 is 2.84 bits per heavy atom. The summed E-state index contributed by atoms with van der Waals surface area (Å²) in [5.41, 5.74) is 0.0773. The standard InChI is InChI=1S/C18H17ClN2O3S/c19-12-3-5-13(6-4-12)24-10-9-21-16(22)18(20-17(21)23)8-1-2-15-14(18)7-11-25-15/h3-7,11H,1-2,8-10H2,(H,20,23). The number of urea groups is 1. The number of nitrogens with zero attached hydrogens (tertiary/aromatic N) is 1. The van der Waals surface area contributed by atoms with Crippen molar-refractivity contribution in [3.8, 4) is 5.75 Å². The highest BCUT2D eigenvalue weighted by atomic mass is 35.5. The number of rotatable bonds is 4. The molecule has 1 unspecified atom stereocenters. The highest BCUT2D eigenvalue weighted by molar-refractivity contribution is 7.10. The highest BCUT2D eigenvalue weighted by Gasteiger charge is 2.54. The van der Waals surface area contributed by atoms with Crippen molar-refractivity contribution < 1.29 is 14.3 Å². The smallest absolute Gasteiger partial charge is 0.325 e. The number of halogens is 1. The number of thiophene rings is 1. The molecule has 4 rings (SSSR count). The second kappa shape index (κ2) is 6.35. The Labute approximate surface area is 154 Å². The van der Waals surface area contributed by atoms with Gasteiger partial charge in [0.1, 0.15) is 17.9 Å². The number of amides is 3. The van der Waals surface area contributed by atoms with Crippen LogP contribution in [0.3, 0.4) is 0 Å². The van der Waals surface area contributed by atoms with Crippen LogP contribution in [-0.2, 0) is 16.8 Å². The van der Waals surface area contributed by atoms with E-state index in [9.17, 15) is 9.59 Å². The van der Waals surface area contributed by atoms with E-state index in [1.54, 1.807) is 35.6 Å². The third-order valence-electron chi connectivity index (χ3n) is 4.73. The predicted octanol–water partition coefficient (Wildman–Crippen LogP) is 3.56. The topological polar surface area (TPSA) is 58.6 Å². The van der Waals surface area contributed by atoms with E-state index in [4.69, 9.17) is 16.3 Å². The lowest BCUT2D eigenvalue weighted by atomic mass is 9.80. The first kappa shape index (κ1) is 16.4. The maximum Gasteiger partial charge on any atom is 0.325 e. The molecule has 7 heteroatoms. The van der Waals surface area contributed by atoms with Crippen molar-refractivity contribution in [2.75, 3.05) is 13.2 Å². The molecular weight excluding hydrogens is 360 g/mol. The monoisotopic (exact) mass is 376 g/mol. The number of imide groups is 1. The van der Waals surface area contributed by atoms with Gasteiger partial charge in [-0.2, -0.15) is 0 Å². The number of carbonyl (C=O) groups is 2. The number of benzene rings is 1. The molecular formula is C18H17ClN2O3S. The van der Waals surface area contributed by atoms with Gasteiger partial charge in [-0.15, -0.1) is 11.3 Å². The molecule has 25 heavy (non-hydrogen) atoms. The zero-order valence-electron chi connectivity index (χ0n) is 13.5. The summed E-state index contributed by atoms with van der Waals surface area (Å²) in [6.45, 7) is 0.460. The Hall–Kier alpha value is -2.05. The first-order chi connectivity index (χ1) is 12.1. The van der Waals surface area contributed by atoms with Crippen LogP contribution >= 0.6 is 22.9 Å². The fourth-order valence-electron chi connectivity index (χ4n) is 3.53. The molecule has 1 fully saturated rings. The largest absolute Gasteiger partial charge is 0.492 e. The fraction of sp³-hybridized carbons (Fsp3) is 0.333. The average Bonchev–Trinajstić information content (AvgIpc) is 3.17. The molecule has 1 N–H and O–H groups in total. The van der Waals surface area contributed by atoms with Gasteiger partial charge in [-0.05, 0) is 55.0 Å². The van der Waals surface area contributed by atoms with Crippen molar-refractivity contribution in [3.63, 3.8) is 0 Å². The van der Waals surface area contributed by atoms with Crippen LogP contribution in [0.2, 0.25) is 5.02 Å². The lowest BCUT2D eigenvalue weighted by Gasteiger charge is -2.31.